The molecular weight excluding hydrogens is 359 g/mol. The highest BCUT2D eigenvalue weighted by Gasteiger charge is 2.41. The fourth-order valence-electron chi connectivity index (χ4n) is 4.12. The number of hydrogen-bond donors (Lipinski definition) is 0. The summed E-state index contributed by atoms with van der Waals surface area (Å²) in [6.07, 6.45) is 10.2. The number of rotatable bonds is 6. The third kappa shape index (κ3) is 4.86. The van der Waals surface area contributed by atoms with Crippen molar-refractivity contribution in [1.29, 1.82) is 5.26 Å². The van der Waals surface area contributed by atoms with Gasteiger partial charge in [-0.05, 0) is 52.5 Å². The first-order valence-corrected chi connectivity index (χ1v) is 10.7. The zero-order valence-corrected chi connectivity index (χ0v) is 19.0. The third-order valence-corrected chi connectivity index (χ3v) is 6.53. The van der Waals surface area contributed by atoms with E-state index in [9.17, 15) is 9.65 Å². The van der Waals surface area contributed by atoms with Crippen molar-refractivity contribution in [2.75, 3.05) is 0 Å². The third-order valence-electron chi connectivity index (χ3n) is 6.53. The Balaban J connectivity index is 2.69. The van der Waals surface area contributed by atoms with Crippen LogP contribution in [0.4, 0.5) is 4.39 Å². The van der Waals surface area contributed by atoms with Crippen molar-refractivity contribution in [3.8, 4) is 6.07 Å². The van der Waals surface area contributed by atoms with E-state index in [4.69, 9.17) is 0 Å². The van der Waals surface area contributed by atoms with Crippen molar-refractivity contribution in [1.82, 2.24) is 4.98 Å². The number of nitriles is 1. The van der Waals surface area contributed by atoms with Crippen LogP contribution in [0.15, 0.2) is 48.0 Å². The Hall–Kier alpha value is -2.21. The van der Waals surface area contributed by atoms with E-state index in [1.165, 1.54) is 5.56 Å². The number of aromatic nitrogens is 1. The van der Waals surface area contributed by atoms with Crippen LogP contribution < -0.4 is 0 Å². The van der Waals surface area contributed by atoms with Crippen LogP contribution in [0.1, 0.15) is 79.0 Å². The molecule has 0 aliphatic heterocycles. The highest BCUT2D eigenvalue weighted by Crippen LogP contribution is 2.51. The molecule has 0 saturated carbocycles. The predicted molar refractivity (Wildman–Crippen MR) is 120 cm³/mol. The average Bonchev–Trinajstić information content (AvgIpc) is 2.70. The number of pyridine rings is 1. The first kappa shape index (κ1) is 23.1. The summed E-state index contributed by atoms with van der Waals surface area (Å²) >= 11 is 0. The molecule has 1 heterocycles. The largest absolute Gasteiger partial charge is 0.257 e. The summed E-state index contributed by atoms with van der Waals surface area (Å²) in [6, 6.07) is 6.18. The molecule has 2 rings (SSSR count). The van der Waals surface area contributed by atoms with Gasteiger partial charge in [-0.25, -0.2) is 4.39 Å². The summed E-state index contributed by atoms with van der Waals surface area (Å²) in [5.41, 5.74) is 2.90. The molecule has 0 fully saturated rings. The maximum atomic E-state index is 14.8. The van der Waals surface area contributed by atoms with Gasteiger partial charge in [0.05, 0.1) is 11.3 Å². The lowest BCUT2D eigenvalue weighted by Crippen LogP contribution is -2.34. The molecule has 0 saturated heterocycles. The van der Waals surface area contributed by atoms with E-state index >= 15 is 0 Å². The van der Waals surface area contributed by atoms with Crippen LogP contribution in [0.3, 0.4) is 0 Å². The van der Waals surface area contributed by atoms with Gasteiger partial charge in [-0.1, -0.05) is 67.0 Å². The number of nitrogens with zero attached hydrogens (tertiary/aromatic N) is 2. The first-order chi connectivity index (χ1) is 13.6. The molecule has 0 bridgehead atoms. The van der Waals surface area contributed by atoms with Gasteiger partial charge in [-0.15, -0.1) is 0 Å². The number of allylic oxidation sites excluding steroid dienone is 6. The van der Waals surface area contributed by atoms with E-state index in [0.29, 0.717) is 5.92 Å². The molecule has 3 unspecified atom stereocenters. The van der Waals surface area contributed by atoms with Crippen LogP contribution in [-0.4, -0.2) is 4.98 Å². The van der Waals surface area contributed by atoms with E-state index in [1.54, 1.807) is 6.08 Å². The van der Waals surface area contributed by atoms with Gasteiger partial charge in [0.2, 0.25) is 0 Å². The molecule has 0 spiro atoms. The Morgan fingerprint density at radius 2 is 2.00 bits per heavy atom. The second-order valence-corrected chi connectivity index (χ2v) is 9.45. The van der Waals surface area contributed by atoms with Gasteiger partial charge in [-0.2, -0.15) is 5.26 Å². The van der Waals surface area contributed by atoms with Crippen LogP contribution in [0.25, 0.3) is 5.57 Å². The summed E-state index contributed by atoms with van der Waals surface area (Å²) in [7, 11) is 0. The molecule has 0 amide bonds. The Morgan fingerprint density at radius 1 is 1.31 bits per heavy atom. The summed E-state index contributed by atoms with van der Waals surface area (Å²) in [6.45, 7) is 15.3. The van der Waals surface area contributed by atoms with Crippen molar-refractivity contribution < 1.29 is 4.39 Å². The van der Waals surface area contributed by atoms with Crippen LogP contribution in [0.2, 0.25) is 0 Å². The maximum Gasteiger partial charge on any atom is 0.118 e. The zero-order chi connectivity index (χ0) is 21.8. The Labute approximate surface area is 176 Å². The van der Waals surface area contributed by atoms with Crippen molar-refractivity contribution in [3.63, 3.8) is 0 Å². The monoisotopic (exact) mass is 394 g/mol. The standard InChI is InChI=1S/C26H35FN2/c1-8-10-12-26(7,18(3)9-2)22-16-23(27)19(17-28)14-21(22)24-15-20(11-13-29-24)25(4,5)6/h10-15,18,22H,8-9,16H2,1-7H3. The van der Waals surface area contributed by atoms with Crippen LogP contribution >= 0.6 is 0 Å². The summed E-state index contributed by atoms with van der Waals surface area (Å²) in [5.74, 6) is -0.0198. The van der Waals surface area contributed by atoms with Gasteiger partial charge in [-0.3, -0.25) is 4.98 Å². The zero-order valence-electron chi connectivity index (χ0n) is 19.0. The second kappa shape index (κ2) is 9.08. The Morgan fingerprint density at radius 3 is 2.55 bits per heavy atom. The Kier molecular flexibility index (Phi) is 7.22. The van der Waals surface area contributed by atoms with Crippen LogP contribution in [0, 0.1) is 28.6 Å². The quantitative estimate of drug-likeness (QED) is 0.467. The SMILES string of the molecule is CCC=CC(C)(C(C)CC)C1CC(F)=C(C#N)C=C1c1cc(C(C)(C)C)ccn1. The molecular formula is C26H35FN2. The molecule has 156 valence electrons. The normalized spacial score (nSPS) is 20.9. The second-order valence-electron chi connectivity index (χ2n) is 9.45. The highest BCUT2D eigenvalue weighted by molar-refractivity contribution is 5.73. The van der Waals surface area contributed by atoms with Crippen molar-refractivity contribution in [3.05, 3.63) is 59.2 Å². The lowest BCUT2D eigenvalue weighted by molar-refractivity contribution is 0.191. The smallest absolute Gasteiger partial charge is 0.118 e. The number of halogens is 1. The van der Waals surface area contributed by atoms with Crippen LogP contribution in [0.5, 0.6) is 0 Å². The molecule has 3 atom stereocenters. The lowest BCUT2D eigenvalue weighted by Gasteiger charge is -2.42. The molecule has 0 radical (unpaired) electrons. The van der Waals surface area contributed by atoms with Gasteiger partial charge >= 0.3 is 0 Å². The highest BCUT2D eigenvalue weighted by atomic mass is 19.1. The van der Waals surface area contributed by atoms with Crippen molar-refractivity contribution in [2.24, 2.45) is 17.3 Å². The fraction of sp³-hybridized carbons (Fsp3) is 0.538. The molecule has 1 aliphatic rings. The van der Waals surface area contributed by atoms with E-state index in [0.717, 1.165) is 24.1 Å². The molecule has 1 aromatic heterocycles. The molecule has 2 nitrogen and oxygen atoms in total. The molecule has 3 heteroatoms. The van der Waals surface area contributed by atoms with Crippen molar-refractivity contribution >= 4 is 5.57 Å². The predicted octanol–water partition coefficient (Wildman–Crippen LogP) is 7.55. The molecule has 0 N–H and O–H groups in total. The van der Waals surface area contributed by atoms with Gasteiger partial charge in [0.25, 0.3) is 0 Å². The molecule has 29 heavy (non-hydrogen) atoms. The summed E-state index contributed by atoms with van der Waals surface area (Å²) < 4.78 is 14.8. The van der Waals surface area contributed by atoms with E-state index in [1.807, 2.05) is 18.3 Å². The molecule has 1 aromatic rings. The van der Waals surface area contributed by atoms with E-state index < -0.39 is 0 Å². The average molecular weight is 395 g/mol. The minimum absolute atomic E-state index is 0.0102. The molecule has 0 aromatic carbocycles. The van der Waals surface area contributed by atoms with Gasteiger partial charge in [0.15, 0.2) is 0 Å². The van der Waals surface area contributed by atoms with E-state index in [2.05, 4.69) is 71.7 Å². The maximum absolute atomic E-state index is 14.8. The minimum Gasteiger partial charge on any atom is -0.257 e. The topological polar surface area (TPSA) is 36.7 Å². The Bertz CT molecular complexity index is 863. The molecule has 1 aliphatic carbocycles. The summed E-state index contributed by atoms with van der Waals surface area (Å²) in [4.78, 5) is 4.65. The van der Waals surface area contributed by atoms with Gasteiger partial charge in [0.1, 0.15) is 11.9 Å². The first-order valence-electron chi connectivity index (χ1n) is 10.7. The van der Waals surface area contributed by atoms with Gasteiger partial charge < -0.3 is 0 Å². The van der Waals surface area contributed by atoms with E-state index in [-0.39, 0.29) is 34.6 Å². The fourth-order valence-corrected chi connectivity index (χ4v) is 4.12. The van der Waals surface area contributed by atoms with Gasteiger partial charge in [0, 0.05) is 18.5 Å². The minimum atomic E-state index is -0.312. The summed E-state index contributed by atoms with van der Waals surface area (Å²) in [5, 5.41) is 9.47. The van der Waals surface area contributed by atoms with Crippen LogP contribution in [-0.2, 0) is 5.41 Å². The lowest BCUT2D eigenvalue weighted by atomic mass is 9.61. The van der Waals surface area contributed by atoms with Crippen molar-refractivity contribution in [2.45, 2.75) is 73.1 Å². The number of hydrogen-bond acceptors (Lipinski definition) is 2.